The van der Waals surface area contributed by atoms with Gasteiger partial charge in [0.2, 0.25) is 0 Å². The van der Waals surface area contributed by atoms with E-state index in [1.165, 1.54) is 0 Å². The third-order valence-electron chi connectivity index (χ3n) is 4.41. The monoisotopic (exact) mass is 341 g/mol. The van der Waals surface area contributed by atoms with Crippen molar-refractivity contribution < 1.29 is 32.5 Å². The second kappa shape index (κ2) is 5.22. The van der Waals surface area contributed by atoms with Gasteiger partial charge in [0.1, 0.15) is 5.92 Å². The minimum atomic E-state index is -4.82. The summed E-state index contributed by atoms with van der Waals surface area (Å²) in [7, 11) is 0. The molecule has 9 heteroatoms. The van der Waals surface area contributed by atoms with Gasteiger partial charge in [-0.25, -0.2) is 0 Å². The van der Waals surface area contributed by atoms with Gasteiger partial charge in [0.15, 0.2) is 17.3 Å². The first-order valence-corrected chi connectivity index (χ1v) is 7.07. The molecule has 3 rings (SSSR count). The van der Waals surface area contributed by atoms with Gasteiger partial charge in [-0.05, 0) is 24.5 Å². The number of benzene rings is 1. The summed E-state index contributed by atoms with van der Waals surface area (Å²) in [6, 6.07) is 1.42. The number of nitrogens with zero attached hydrogens (tertiary/aromatic N) is 1. The van der Waals surface area contributed by atoms with E-state index < -0.39 is 57.1 Å². The zero-order valence-corrected chi connectivity index (χ0v) is 12.0. The molecule has 2 aliphatic rings. The molecule has 1 aromatic rings. The molecule has 0 amide bonds. The molecule has 2 fully saturated rings. The van der Waals surface area contributed by atoms with Gasteiger partial charge in [0.05, 0.1) is 16.1 Å². The number of halogens is 3. The normalized spacial score (nSPS) is 26.0. The number of rotatable bonds is 3. The summed E-state index contributed by atoms with van der Waals surface area (Å²) in [6.45, 7) is 0. The molecule has 1 aromatic carbocycles. The number of hydrogen-bond donors (Lipinski definition) is 0. The number of carbonyl (C=O) groups excluding carboxylic acids is 3. The first-order chi connectivity index (χ1) is 11.1. The van der Waals surface area contributed by atoms with E-state index in [9.17, 15) is 37.7 Å². The van der Waals surface area contributed by atoms with Crippen LogP contribution in [0.15, 0.2) is 18.2 Å². The molecule has 0 aliphatic heterocycles. The standard InChI is InChI=1S/C15H10F3NO5/c16-15(17,18)7-1-2-8(10(5-7)19(23)24)13(21)12-11(20)4-6-3-9(6)14(12)22/h1-2,5-6,9,12H,3-4H2/t6-,9-,12?/m1/s1. The second-order valence-corrected chi connectivity index (χ2v) is 5.96. The fourth-order valence-electron chi connectivity index (χ4n) is 3.07. The van der Waals surface area contributed by atoms with Crippen LogP contribution in [-0.4, -0.2) is 22.3 Å². The summed E-state index contributed by atoms with van der Waals surface area (Å²) in [6.07, 6.45) is -4.27. The predicted octanol–water partition coefficient (Wildman–Crippen LogP) is 2.59. The third kappa shape index (κ3) is 2.59. The zero-order chi connectivity index (χ0) is 17.8. The van der Waals surface area contributed by atoms with E-state index in [1.54, 1.807) is 0 Å². The highest BCUT2D eigenvalue weighted by Gasteiger charge is 2.55. The van der Waals surface area contributed by atoms with Gasteiger partial charge in [-0.3, -0.25) is 24.5 Å². The lowest BCUT2D eigenvalue weighted by atomic mass is 9.81. The highest BCUT2D eigenvalue weighted by Crippen LogP contribution is 2.48. The van der Waals surface area contributed by atoms with Crippen LogP contribution in [0.4, 0.5) is 18.9 Å². The van der Waals surface area contributed by atoms with E-state index in [0.717, 1.165) is 0 Å². The number of hydrogen-bond acceptors (Lipinski definition) is 5. The minimum Gasteiger partial charge on any atom is -0.298 e. The van der Waals surface area contributed by atoms with Crippen molar-refractivity contribution in [3.63, 3.8) is 0 Å². The molecule has 24 heavy (non-hydrogen) atoms. The highest BCUT2D eigenvalue weighted by molar-refractivity contribution is 6.27. The van der Waals surface area contributed by atoms with Crippen LogP contribution in [0.5, 0.6) is 0 Å². The van der Waals surface area contributed by atoms with Crippen molar-refractivity contribution in [1.29, 1.82) is 0 Å². The Hall–Kier alpha value is -2.58. The van der Waals surface area contributed by atoms with Gasteiger partial charge in [0, 0.05) is 18.4 Å². The van der Waals surface area contributed by atoms with Gasteiger partial charge < -0.3 is 0 Å². The summed E-state index contributed by atoms with van der Waals surface area (Å²) < 4.78 is 38.1. The Labute approximate surface area is 132 Å². The molecule has 1 unspecified atom stereocenters. The smallest absolute Gasteiger partial charge is 0.298 e. The van der Waals surface area contributed by atoms with E-state index in [-0.39, 0.29) is 18.4 Å². The Morgan fingerprint density at radius 3 is 2.50 bits per heavy atom. The first-order valence-electron chi connectivity index (χ1n) is 7.07. The van der Waals surface area contributed by atoms with Crippen LogP contribution in [-0.2, 0) is 15.8 Å². The van der Waals surface area contributed by atoms with Crippen molar-refractivity contribution in [2.75, 3.05) is 0 Å². The van der Waals surface area contributed by atoms with Crippen molar-refractivity contribution in [2.45, 2.75) is 19.0 Å². The van der Waals surface area contributed by atoms with Crippen molar-refractivity contribution >= 4 is 23.0 Å². The molecular weight excluding hydrogens is 331 g/mol. The van der Waals surface area contributed by atoms with Crippen molar-refractivity contribution in [3.05, 3.63) is 39.4 Å². The number of ketones is 3. The van der Waals surface area contributed by atoms with E-state index in [4.69, 9.17) is 0 Å². The molecule has 0 N–H and O–H groups in total. The number of Topliss-reactive ketones (excluding diaryl/α,β-unsaturated/α-hetero) is 3. The van der Waals surface area contributed by atoms with Crippen LogP contribution in [0.25, 0.3) is 0 Å². The quantitative estimate of drug-likeness (QED) is 0.364. The van der Waals surface area contributed by atoms with Crippen LogP contribution < -0.4 is 0 Å². The molecule has 0 spiro atoms. The highest BCUT2D eigenvalue weighted by atomic mass is 19.4. The molecule has 0 aromatic heterocycles. The van der Waals surface area contributed by atoms with Gasteiger partial charge in [-0.2, -0.15) is 13.2 Å². The number of nitro benzene ring substituents is 1. The molecule has 0 saturated heterocycles. The summed E-state index contributed by atoms with van der Waals surface area (Å²) in [5.41, 5.74) is -3.00. The summed E-state index contributed by atoms with van der Waals surface area (Å²) in [5, 5.41) is 11.0. The fraction of sp³-hybridized carbons (Fsp3) is 0.400. The number of fused-ring (bicyclic) bond motifs is 1. The fourth-order valence-corrected chi connectivity index (χ4v) is 3.07. The van der Waals surface area contributed by atoms with Crippen molar-refractivity contribution in [3.8, 4) is 0 Å². The van der Waals surface area contributed by atoms with Crippen LogP contribution in [0.2, 0.25) is 0 Å². The van der Waals surface area contributed by atoms with E-state index in [0.29, 0.717) is 18.6 Å². The maximum Gasteiger partial charge on any atom is 0.416 e. The average molecular weight is 341 g/mol. The van der Waals surface area contributed by atoms with Gasteiger partial charge in [-0.15, -0.1) is 0 Å². The topological polar surface area (TPSA) is 94.3 Å². The maximum absolute atomic E-state index is 12.7. The predicted molar refractivity (Wildman–Crippen MR) is 72.1 cm³/mol. The SMILES string of the molecule is O=C1C[C@H]2C[C@H]2C(=O)C1C(=O)c1ccc(C(F)(F)F)cc1[N+](=O)[O-]. The van der Waals surface area contributed by atoms with Gasteiger partial charge in [0.25, 0.3) is 5.69 Å². The molecule has 0 bridgehead atoms. The Morgan fingerprint density at radius 2 is 1.92 bits per heavy atom. The molecule has 0 radical (unpaired) electrons. The Kier molecular flexibility index (Phi) is 3.54. The molecule has 3 atom stereocenters. The lowest BCUT2D eigenvalue weighted by molar-refractivity contribution is -0.385. The Morgan fingerprint density at radius 1 is 1.25 bits per heavy atom. The van der Waals surface area contributed by atoms with Crippen LogP contribution >= 0.6 is 0 Å². The average Bonchev–Trinajstić information content (AvgIpc) is 3.25. The van der Waals surface area contributed by atoms with Crippen LogP contribution in [0, 0.1) is 27.9 Å². The van der Waals surface area contributed by atoms with Crippen LogP contribution in [0.1, 0.15) is 28.8 Å². The molecule has 126 valence electrons. The maximum atomic E-state index is 12.7. The van der Waals surface area contributed by atoms with E-state index in [1.807, 2.05) is 0 Å². The lowest BCUT2D eigenvalue weighted by Gasteiger charge is -2.18. The number of carbonyl (C=O) groups is 3. The second-order valence-electron chi connectivity index (χ2n) is 5.96. The summed E-state index contributed by atoms with van der Waals surface area (Å²) in [4.78, 5) is 46.4. The molecular formula is C15H10F3NO5. The number of nitro groups is 1. The summed E-state index contributed by atoms with van der Waals surface area (Å²) in [5.74, 6) is -4.44. The molecule has 0 heterocycles. The Balaban J connectivity index is 2.02. The van der Waals surface area contributed by atoms with Gasteiger partial charge >= 0.3 is 6.18 Å². The summed E-state index contributed by atoms with van der Waals surface area (Å²) >= 11 is 0. The van der Waals surface area contributed by atoms with E-state index in [2.05, 4.69) is 0 Å². The zero-order valence-electron chi connectivity index (χ0n) is 12.0. The minimum absolute atomic E-state index is 0.0429. The van der Waals surface area contributed by atoms with Crippen LogP contribution in [0.3, 0.4) is 0 Å². The largest absolute Gasteiger partial charge is 0.416 e. The van der Waals surface area contributed by atoms with Gasteiger partial charge in [-0.1, -0.05) is 0 Å². The van der Waals surface area contributed by atoms with E-state index >= 15 is 0 Å². The molecule has 2 aliphatic carbocycles. The molecule has 2 saturated carbocycles. The van der Waals surface area contributed by atoms with Crippen molar-refractivity contribution in [1.82, 2.24) is 0 Å². The number of alkyl halides is 3. The first kappa shape index (κ1) is 16.3. The Bertz CT molecular complexity index is 786. The third-order valence-corrected chi connectivity index (χ3v) is 4.41. The molecule has 6 nitrogen and oxygen atoms in total. The lowest BCUT2D eigenvalue weighted by Crippen LogP contribution is -2.37. The van der Waals surface area contributed by atoms with Crippen molar-refractivity contribution in [2.24, 2.45) is 17.8 Å².